The lowest BCUT2D eigenvalue weighted by Gasteiger charge is -2.29. The first-order valence-corrected chi connectivity index (χ1v) is 11.9. The van der Waals surface area contributed by atoms with E-state index in [0.717, 1.165) is 41.1 Å². The fourth-order valence-electron chi connectivity index (χ4n) is 3.62. The number of anilines is 1. The number of nitrogens with zero attached hydrogens (tertiary/aromatic N) is 4. The van der Waals surface area contributed by atoms with Crippen LogP contribution in [-0.4, -0.2) is 51.9 Å². The van der Waals surface area contributed by atoms with E-state index in [0.29, 0.717) is 48.6 Å². The molecule has 1 saturated carbocycles. The zero-order valence-corrected chi connectivity index (χ0v) is 20.1. The van der Waals surface area contributed by atoms with Crippen LogP contribution in [0.25, 0.3) is 10.9 Å². The van der Waals surface area contributed by atoms with Crippen LogP contribution >= 0.6 is 27.5 Å². The van der Waals surface area contributed by atoms with Gasteiger partial charge in [0.05, 0.1) is 29.9 Å². The lowest BCUT2D eigenvalue weighted by Crippen LogP contribution is -2.32. The van der Waals surface area contributed by atoms with Crippen LogP contribution in [0.3, 0.4) is 0 Å². The van der Waals surface area contributed by atoms with Crippen molar-refractivity contribution in [3.8, 4) is 11.6 Å². The van der Waals surface area contributed by atoms with E-state index in [2.05, 4.69) is 41.2 Å². The minimum Gasteiger partial charge on any atom is -0.488 e. The van der Waals surface area contributed by atoms with Crippen LogP contribution in [-0.2, 0) is 4.74 Å². The van der Waals surface area contributed by atoms with Crippen LogP contribution in [0.15, 0.2) is 35.2 Å². The molecule has 0 radical (unpaired) electrons. The number of halogens is 2. The molecule has 1 aliphatic carbocycles. The van der Waals surface area contributed by atoms with Crippen LogP contribution in [0, 0.1) is 0 Å². The Balaban J connectivity index is 1.29. The number of pyridine rings is 2. The SMILES string of the molecule is CCOCCOc1cnc(NC2CCC(Oc3nc(Cl)cc4ncc(Br)cc34)CC2)nc1. The Bertz CT molecular complexity index is 1030. The lowest BCUT2D eigenvalue weighted by molar-refractivity contribution is 0.110. The van der Waals surface area contributed by atoms with Crippen LogP contribution < -0.4 is 14.8 Å². The Hall–Kier alpha value is -2.23. The number of hydrogen-bond acceptors (Lipinski definition) is 8. The highest BCUT2D eigenvalue weighted by atomic mass is 79.9. The molecule has 0 unspecified atom stereocenters. The third-order valence-corrected chi connectivity index (χ3v) is 5.82. The zero-order valence-electron chi connectivity index (χ0n) is 17.8. The molecule has 8 nitrogen and oxygen atoms in total. The predicted molar refractivity (Wildman–Crippen MR) is 127 cm³/mol. The summed E-state index contributed by atoms with van der Waals surface area (Å²) in [4.78, 5) is 17.5. The van der Waals surface area contributed by atoms with E-state index in [1.165, 1.54) is 0 Å². The number of nitrogens with one attached hydrogen (secondary N) is 1. The van der Waals surface area contributed by atoms with E-state index in [-0.39, 0.29) is 6.10 Å². The summed E-state index contributed by atoms with van der Waals surface area (Å²) in [6.45, 7) is 3.67. The molecule has 1 aliphatic rings. The minimum atomic E-state index is 0.0724. The van der Waals surface area contributed by atoms with E-state index in [1.54, 1.807) is 24.7 Å². The Morgan fingerprint density at radius 3 is 2.59 bits per heavy atom. The second-order valence-electron chi connectivity index (χ2n) is 7.49. The van der Waals surface area contributed by atoms with Gasteiger partial charge in [0, 0.05) is 29.4 Å². The molecule has 170 valence electrons. The van der Waals surface area contributed by atoms with Crippen LogP contribution in [0.4, 0.5) is 5.95 Å². The summed E-state index contributed by atoms with van der Waals surface area (Å²) in [6, 6.07) is 3.99. The maximum Gasteiger partial charge on any atom is 0.224 e. The first-order chi connectivity index (χ1) is 15.6. The topological polar surface area (TPSA) is 91.3 Å². The molecular formula is C22H25BrClN5O3. The molecule has 0 saturated heterocycles. The van der Waals surface area contributed by atoms with E-state index >= 15 is 0 Å². The standard InChI is InChI=1S/C22H25BrClN5O3/c1-2-30-7-8-31-17-12-26-22(27-13-17)28-15-3-5-16(6-4-15)32-21-18-9-14(23)11-25-19(18)10-20(24)29-21/h9-13,15-16H,2-8H2,1H3,(H,26,27,28). The van der Waals surface area contributed by atoms with Crippen molar-refractivity contribution in [2.75, 3.05) is 25.1 Å². The fourth-order valence-corrected chi connectivity index (χ4v) is 4.13. The van der Waals surface area contributed by atoms with Gasteiger partial charge >= 0.3 is 0 Å². The molecule has 10 heteroatoms. The van der Waals surface area contributed by atoms with Gasteiger partial charge in [0.2, 0.25) is 11.8 Å². The number of aromatic nitrogens is 4. The molecular weight excluding hydrogens is 498 g/mol. The molecule has 0 aliphatic heterocycles. The van der Waals surface area contributed by atoms with Gasteiger partial charge in [-0.1, -0.05) is 11.6 Å². The number of fused-ring (bicyclic) bond motifs is 1. The Morgan fingerprint density at radius 2 is 1.84 bits per heavy atom. The lowest BCUT2D eigenvalue weighted by atomic mass is 9.93. The maximum absolute atomic E-state index is 6.23. The molecule has 0 bridgehead atoms. The first-order valence-electron chi connectivity index (χ1n) is 10.7. The predicted octanol–water partition coefficient (Wildman–Crippen LogP) is 5.05. The Labute approximate surface area is 200 Å². The van der Waals surface area contributed by atoms with Gasteiger partial charge in [0.1, 0.15) is 17.9 Å². The van der Waals surface area contributed by atoms with Crippen molar-refractivity contribution in [3.05, 3.63) is 40.3 Å². The highest BCUT2D eigenvalue weighted by Gasteiger charge is 2.24. The number of rotatable bonds is 9. The molecule has 3 aromatic heterocycles. The van der Waals surface area contributed by atoms with Crippen molar-refractivity contribution >= 4 is 44.4 Å². The highest BCUT2D eigenvalue weighted by molar-refractivity contribution is 9.10. The molecule has 4 rings (SSSR count). The van der Waals surface area contributed by atoms with E-state index in [4.69, 9.17) is 25.8 Å². The van der Waals surface area contributed by atoms with Gasteiger partial charge in [-0.25, -0.2) is 15.0 Å². The molecule has 1 N–H and O–H groups in total. The van der Waals surface area contributed by atoms with E-state index < -0.39 is 0 Å². The van der Waals surface area contributed by atoms with Crippen LogP contribution in [0.2, 0.25) is 5.15 Å². The molecule has 3 aromatic rings. The van der Waals surface area contributed by atoms with Gasteiger partial charge in [-0.05, 0) is 54.6 Å². The average Bonchev–Trinajstić information content (AvgIpc) is 2.79. The van der Waals surface area contributed by atoms with Crippen LogP contribution in [0.5, 0.6) is 11.6 Å². The summed E-state index contributed by atoms with van der Waals surface area (Å²) in [6.07, 6.45) is 8.85. The molecule has 3 heterocycles. The Kier molecular flexibility index (Phi) is 7.94. The monoisotopic (exact) mass is 521 g/mol. The van der Waals surface area contributed by atoms with Crippen molar-refractivity contribution in [2.45, 2.75) is 44.8 Å². The molecule has 1 fully saturated rings. The third-order valence-electron chi connectivity index (χ3n) is 5.19. The van der Waals surface area contributed by atoms with Crippen molar-refractivity contribution in [2.24, 2.45) is 0 Å². The second-order valence-corrected chi connectivity index (χ2v) is 8.80. The maximum atomic E-state index is 6.23. The molecule has 0 aromatic carbocycles. The summed E-state index contributed by atoms with van der Waals surface area (Å²) >= 11 is 9.63. The van der Waals surface area contributed by atoms with Crippen molar-refractivity contribution in [3.63, 3.8) is 0 Å². The molecule has 0 amide bonds. The van der Waals surface area contributed by atoms with Gasteiger partial charge in [0.15, 0.2) is 5.75 Å². The van der Waals surface area contributed by atoms with Crippen LogP contribution in [0.1, 0.15) is 32.6 Å². The van der Waals surface area contributed by atoms with Gasteiger partial charge in [0.25, 0.3) is 0 Å². The molecule has 32 heavy (non-hydrogen) atoms. The largest absolute Gasteiger partial charge is 0.488 e. The smallest absolute Gasteiger partial charge is 0.224 e. The van der Waals surface area contributed by atoms with E-state index in [1.807, 2.05) is 13.0 Å². The summed E-state index contributed by atoms with van der Waals surface area (Å²) < 4.78 is 17.9. The fraction of sp³-hybridized carbons (Fsp3) is 0.455. The summed E-state index contributed by atoms with van der Waals surface area (Å²) in [5, 5.41) is 4.63. The van der Waals surface area contributed by atoms with Crippen molar-refractivity contribution in [1.82, 2.24) is 19.9 Å². The van der Waals surface area contributed by atoms with Gasteiger partial charge in [-0.2, -0.15) is 0 Å². The highest BCUT2D eigenvalue weighted by Crippen LogP contribution is 2.31. The summed E-state index contributed by atoms with van der Waals surface area (Å²) in [5.41, 5.74) is 0.765. The van der Waals surface area contributed by atoms with Gasteiger partial charge < -0.3 is 19.5 Å². The van der Waals surface area contributed by atoms with Crippen molar-refractivity contribution < 1.29 is 14.2 Å². The quantitative estimate of drug-likeness (QED) is 0.308. The second kappa shape index (κ2) is 11.1. The molecule has 0 atom stereocenters. The Morgan fingerprint density at radius 1 is 1.06 bits per heavy atom. The third kappa shape index (κ3) is 6.17. The summed E-state index contributed by atoms with van der Waals surface area (Å²) in [7, 11) is 0. The number of hydrogen-bond donors (Lipinski definition) is 1. The van der Waals surface area contributed by atoms with E-state index in [9.17, 15) is 0 Å². The minimum absolute atomic E-state index is 0.0724. The van der Waals surface area contributed by atoms with Gasteiger partial charge in [-0.3, -0.25) is 4.98 Å². The van der Waals surface area contributed by atoms with Gasteiger partial charge in [-0.15, -0.1) is 0 Å². The first kappa shape index (κ1) is 22.9. The van der Waals surface area contributed by atoms with Crippen molar-refractivity contribution in [1.29, 1.82) is 0 Å². The zero-order chi connectivity index (χ0) is 22.3. The molecule has 0 spiro atoms. The average molecular weight is 523 g/mol. The summed E-state index contributed by atoms with van der Waals surface area (Å²) in [5.74, 6) is 1.76. The normalized spacial score (nSPS) is 18.5. The number of ether oxygens (including phenoxy) is 3.